The number of aromatic nitrogens is 2. The molecule has 0 N–H and O–H groups in total. The van der Waals surface area contributed by atoms with Gasteiger partial charge in [-0.25, -0.2) is 4.98 Å². The molecule has 2 rings (SSSR count). The third kappa shape index (κ3) is 1.65. The zero-order valence-electron chi connectivity index (χ0n) is 8.59. The van der Waals surface area contributed by atoms with E-state index in [1.165, 1.54) is 18.2 Å². The Morgan fingerprint density at radius 1 is 1.06 bits per heavy atom. The van der Waals surface area contributed by atoms with Gasteiger partial charge >= 0.3 is 12.1 Å². The minimum absolute atomic E-state index is 0.105. The topological polar surface area (TPSA) is 17.8 Å². The van der Waals surface area contributed by atoms with Crippen LogP contribution >= 0.6 is 0 Å². The normalized spacial score (nSPS) is 13.3. The summed E-state index contributed by atoms with van der Waals surface area (Å²) >= 11 is 0. The summed E-state index contributed by atoms with van der Waals surface area (Å²) in [5, 5.41) is 0. The van der Waals surface area contributed by atoms with E-state index in [0.29, 0.717) is 0 Å². The Morgan fingerprint density at radius 3 is 2.18 bits per heavy atom. The molecule has 17 heavy (non-hydrogen) atoms. The lowest BCUT2D eigenvalue weighted by Crippen LogP contribution is -2.36. The van der Waals surface area contributed by atoms with Crippen LogP contribution in [-0.4, -0.2) is 15.7 Å². The molecule has 0 aliphatic heterocycles. The van der Waals surface area contributed by atoms with Crippen LogP contribution in [0.3, 0.4) is 0 Å². The first-order valence-electron chi connectivity index (χ1n) is 4.61. The zero-order chi connectivity index (χ0) is 12.8. The van der Waals surface area contributed by atoms with Gasteiger partial charge in [-0.3, -0.25) is 0 Å². The predicted molar refractivity (Wildman–Crippen MR) is 50.7 cm³/mol. The molecule has 0 fully saturated rings. The second-order valence-electron chi connectivity index (χ2n) is 3.56. The van der Waals surface area contributed by atoms with Crippen molar-refractivity contribution in [2.75, 3.05) is 0 Å². The molecular formula is C10H7F5N2. The van der Waals surface area contributed by atoms with Gasteiger partial charge < -0.3 is 4.57 Å². The van der Waals surface area contributed by atoms with Crippen LogP contribution in [-0.2, 0) is 13.0 Å². The van der Waals surface area contributed by atoms with E-state index >= 15 is 0 Å². The van der Waals surface area contributed by atoms with E-state index < -0.39 is 17.9 Å². The summed E-state index contributed by atoms with van der Waals surface area (Å²) < 4.78 is 63.7. The van der Waals surface area contributed by atoms with Gasteiger partial charge in [-0.2, -0.15) is 22.0 Å². The minimum atomic E-state index is -5.65. The molecule has 1 aromatic heterocycles. The Kier molecular flexibility index (Phi) is 2.37. The molecule has 0 saturated heterocycles. The largest absolute Gasteiger partial charge is 0.461 e. The maximum absolute atomic E-state index is 13.2. The molecule has 0 unspecified atom stereocenters. The third-order valence-electron chi connectivity index (χ3n) is 2.42. The molecule has 0 spiro atoms. The quantitative estimate of drug-likeness (QED) is 0.710. The molecule has 2 nitrogen and oxygen atoms in total. The van der Waals surface area contributed by atoms with Crippen LogP contribution in [0.1, 0.15) is 5.82 Å². The number of alkyl halides is 5. The van der Waals surface area contributed by atoms with Gasteiger partial charge in [0.15, 0.2) is 5.82 Å². The standard InChI is InChI=1S/C10H7F5N2/c1-17-7-5-3-2-4-6(7)16-8(17)9(11,12)10(13,14)15/h2-5H,1H3. The van der Waals surface area contributed by atoms with Crippen LogP contribution in [0, 0.1) is 0 Å². The van der Waals surface area contributed by atoms with Crippen molar-refractivity contribution in [2.24, 2.45) is 7.05 Å². The van der Waals surface area contributed by atoms with Crippen molar-refractivity contribution >= 4 is 11.0 Å². The van der Waals surface area contributed by atoms with E-state index in [1.807, 2.05) is 0 Å². The number of nitrogens with zero attached hydrogens (tertiary/aromatic N) is 2. The van der Waals surface area contributed by atoms with Crippen molar-refractivity contribution in [1.82, 2.24) is 9.55 Å². The maximum Gasteiger partial charge on any atom is 0.461 e. The van der Waals surface area contributed by atoms with Crippen LogP contribution in [0.15, 0.2) is 24.3 Å². The number of benzene rings is 1. The average molecular weight is 250 g/mol. The molecule has 7 heteroatoms. The molecule has 1 aromatic carbocycles. The fraction of sp³-hybridized carbons (Fsp3) is 0.300. The lowest BCUT2D eigenvalue weighted by atomic mass is 10.3. The van der Waals surface area contributed by atoms with Crippen molar-refractivity contribution in [3.05, 3.63) is 30.1 Å². The SMILES string of the molecule is Cn1c(C(F)(F)C(F)(F)F)nc2ccccc21. The van der Waals surface area contributed by atoms with E-state index in [2.05, 4.69) is 4.98 Å². The number of para-hydroxylation sites is 2. The first kappa shape index (κ1) is 11.8. The molecule has 92 valence electrons. The Hall–Kier alpha value is -1.66. The van der Waals surface area contributed by atoms with Gasteiger partial charge in [0, 0.05) is 7.05 Å². The van der Waals surface area contributed by atoms with Gasteiger partial charge in [0.1, 0.15) is 0 Å². The molecule has 2 aromatic rings. The zero-order valence-corrected chi connectivity index (χ0v) is 8.59. The lowest BCUT2D eigenvalue weighted by molar-refractivity contribution is -0.293. The van der Waals surface area contributed by atoms with Crippen molar-refractivity contribution in [3.63, 3.8) is 0 Å². The molecular weight excluding hydrogens is 243 g/mol. The Morgan fingerprint density at radius 2 is 1.65 bits per heavy atom. The van der Waals surface area contributed by atoms with E-state index in [4.69, 9.17) is 0 Å². The van der Waals surface area contributed by atoms with Crippen molar-refractivity contribution in [1.29, 1.82) is 0 Å². The van der Waals surface area contributed by atoms with Gasteiger partial charge in [0.05, 0.1) is 11.0 Å². The molecule has 0 aliphatic carbocycles. The molecule has 1 heterocycles. The van der Waals surface area contributed by atoms with E-state index in [1.54, 1.807) is 6.07 Å². The van der Waals surface area contributed by atoms with E-state index in [9.17, 15) is 22.0 Å². The number of halogens is 5. The van der Waals surface area contributed by atoms with Crippen molar-refractivity contribution in [3.8, 4) is 0 Å². The molecule has 0 saturated carbocycles. The number of hydrogen-bond donors (Lipinski definition) is 0. The van der Waals surface area contributed by atoms with Gasteiger partial charge in [0.2, 0.25) is 0 Å². The van der Waals surface area contributed by atoms with Gasteiger partial charge in [-0.05, 0) is 12.1 Å². The number of hydrogen-bond acceptors (Lipinski definition) is 1. The third-order valence-corrected chi connectivity index (χ3v) is 2.42. The highest BCUT2D eigenvalue weighted by Crippen LogP contribution is 2.43. The highest BCUT2D eigenvalue weighted by atomic mass is 19.4. The molecule has 0 amide bonds. The minimum Gasteiger partial charge on any atom is -0.326 e. The second-order valence-corrected chi connectivity index (χ2v) is 3.56. The van der Waals surface area contributed by atoms with Gasteiger partial charge in [0.25, 0.3) is 0 Å². The van der Waals surface area contributed by atoms with E-state index in [0.717, 1.165) is 11.6 Å². The summed E-state index contributed by atoms with van der Waals surface area (Å²) in [6.45, 7) is 0. The molecule has 0 atom stereocenters. The fourth-order valence-corrected chi connectivity index (χ4v) is 1.55. The number of aryl methyl sites for hydroxylation is 1. The smallest absolute Gasteiger partial charge is 0.326 e. The Bertz CT molecular complexity index is 555. The summed E-state index contributed by atoms with van der Waals surface area (Å²) in [6, 6.07) is 5.87. The van der Waals surface area contributed by atoms with Crippen LogP contribution in [0.25, 0.3) is 11.0 Å². The Labute approximate surface area is 92.7 Å². The van der Waals surface area contributed by atoms with Crippen LogP contribution in [0.4, 0.5) is 22.0 Å². The summed E-state index contributed by atoms with van der Waals surface area (Å²) in [7, 11) is 1.13. The maximum atomic E-state index is 13.2. The van der Waals surface area contributed by atoms with Crippen LogP contribution in [0.5, 0.6) is 0 Å². The van der Waals surface area contributed by atoms with Crippen LogP contribution < -0.4 is 0 Å². The molecule has 0 bridgehead atoms. The predicted octanol–water partition coefficient (Wildman–Crippen LogP) is 3.23. The highest BCUT2D eigenvalue weighted by molar-refractivity contribution is 5.75. The average Bonchev–Trinajstić information content (AvgIpc) is 2.56. The van der Waals surface area contributed by atoms with Crippen LogP contribution in [0.2, 0.25) is 0 Å². The summed E-state index contributed by atoms with van der Waals surface area (Å²) in [6.07, 6.45) is -5.65. The van der Waals surface area contributed by atoms with Crippen molar-refractivity contribution in [2.45, 2.75) is 12.1 Å². The van der Waals surface area contributed by atoms with Crippen molar-refractivity contribution < 1.29 is 22.0 Å². The highest BCUT2D eigenvalue weighted by Gasteiger charge is 2.61. The second kappa shape index (κ2) is 3.41. The molecule has 0 radical (unpaired) electrons. The monoisotopic (exact) mass is 250 g/mol. The van der Waals surface area contributed by atoms with Gasteiger partial charge in [-0.15, -0.1) is 0 Å². The number of rotatable bonds is 1. The van der Waals surface area contributed by atoms with Gasteiger partial charge in [-0.1, -0.05) is 12.1 Å². The first-order chi connectivity index (χ1) is 7.75. The fourth-order valence-electron chi connectivity index (χ4n) is 1.55. The first-order valence-corrected chi connectivity index (χ1v) is 4.61. The number of fused-ring (bicyclic) bond motifs is 1. The number of imidazole rings is 1. The Balaban J connectivity index is 2.68. The van der Waals surface area contributed by atoms with E-state index in [-0.39, 0.29) is 11.0 Å². The summed E-state index contributed by atoms with van der Waals surface area (Å²) in [5.41, 5.74) is 0.334. The summed E-state index contributed by atoms with van der Waals surface area (Å²) in [4.78, 5) is 3.34. The summed E-state index contributed by atoms with van der Waals surface area (Å²) in [5.74, 6) is -6.26. The lowest BCUT2D eigenvalue weighted by Gasteiger charge is -2.18. The molecule has 0 aliphatic rings.